The first-order valence-electron chi connectivity index (χ1n) is 7.79. The SMILES string of the molecule is Cc1oc(C2CCN(C(=O)C(C)C)CC2)nc1C(=O)N(C)C. The summed E-state index contributed by atoms with van der Waals surface area (Å²) in [6, 6.07) is 0. The molecule has 0 atom stereocenters. The number of nitrogens with zero attached hydrogens (tertiary/aromatic N) is 3. The Balaban J connectivity index is 2.05. The van der Waals surface area contributed by atoms with Gasteiger partial charge in [-0.15, -0.1) is 0 Å². The van der Waals surface area contributed by atoms with Crippen LogP contribution in [0.1, 0.15) is 54.7 Å². The molecule has 6 nitrogen and oxygen atoms in total. The summed E-state index contributed by atoms with van der Waals surface area (Å²) in [6.07, 6.45) is 1.65. The minimum atomic E-state index is -0.139. The van der Waals surface area contributed by atoms with Crippen LogP contribution >= 0.6 is 0 Å². The second-order valence-electron chi connectivity index (χ2n) is 6.41. The van der Waals surface area contributed by atoms with E-state index in [1.807, 2.05) is 18.7 Å². The fraction of sp³-hybridized carbons (Fsp3) is 0.688. The van der Waals surface area contributed by atoms with Gasteiger partial charge in [-0.05, 0) is 19.8 Å². The summed E-state index contributed by atoms with van der Waals surface area (Å²) in [7, 11) is 3.40. The van der Waals surface area contributed by atoms with Crippen molar-refractivity contribution < 1.29 is 14.0 Å². The van der Waals surface area contributed by atoms with Crippen molar-refractivity contribution in [2.45, 2.75) is 39.5 Å². The van der Waals surface area contributed by atoms with Crippen LogP contribution < -0.4 is 0 Å². The van der Waals surface area contributed by atoms with Crippen LogP contribution in [0, 0.1) is 12.8 Å². The third-order valence-corrected chi connectivity index (χ3v) is 4.07. The number of amides is 2. The zero-order valence-electron chi connectivity index (χ0n) is 14.0. The van der Waals surface area contributed by atoms with E-state index in [-0.39, 0.29) is 23.7 Å². The van der Waals surface area contributed by atoms with Crippen LogP contribution in [0.2, 0.25) is 0 Å². The number of piperidine rings is 1. The predicted molar refractivity (Wildman–Crippen MR) is 82.7 cm³/mol. The van der Waals surface area contributed by atoms with Crippen molar-refractivity contribution >= 4 is 11.8 Å². The van der Waals surface area contributed by atoms with E-state index < -0.39 is 0 Å². The topological polar surface area (TPSA) is 66.7 Å². The first-order chi connectivity index (χ1) is 10.3. The van der Waals surface area contributed by atoms with Crippen molar-refractivity contribution in [1.82, 2.24) is 14.8 Å². The zero-order valence-corrected chi connectivity index (χ0v) is 14.0. The summed E-state index contributed by atoms with van der Waals surface area (Å²) < 4.78 is 5.71. The number of likely N-dealkylation sites (tertiary alicyclic amines) is 1. The van der Waals surface area contributed by atoms with Crippen LogP contribution in [-0.2, 0) is 4.79 Å². The summed E-state index contributed by atoms with van der Waals surface area (Å²) in [5, 5.41) is 0. The molecule has 2 heterocycles. The Hall–Kier alpha value is -1.85. The van der Waals surface area contributed by atoms with Crippen LogP contribution in [0.25, 0.3) is 0 Å². The Bertz CT molecular complexity index is 555. The molecule has 1 aliphatic rings. The van der Waals surface area contributed by atoms with E-state index in [2.05, 4.69) is 4.98 Å². The van der Waals surface area contributed by atoms with Crippen molar-refractivity contribution in [3.05, 3.63) is 17.3 Å². The molecular weight excluding hydrogens is 282 g/mol. The molecule has 1 saturated heterocycles. The lowest BCUT2D eigenvalue weighted by Crippen LogP contribution is -2.40. The normalized spacial score (nSPS) is 16.2. The van der Waals surface area contributed by atoms with E-state index in [1.54, 1.807) is 21.0 Å². The minimum absolute atomic E-state index is 0.0323. The molecule has 2 rings (SSSR count). The molecule has 2 amide bonds. The molecule has 0 N–H and O–H groups in total. The van der Waals surface area contributed by atoms with Gasteiger partial charge < -0.3 is 14.2 Å². The van der Waals surface area contributed by atoms with E-state index in [4.69, 9.17) is 4.42 Å². The average Bonchev–Trinajstić information content (AvgIpc) is 2.87. The largest absolute Gasteiger partial charge is 0.445 e. The van der Waals surface area contributed by atoms with Gasteiger partial charge in [0.05, 0.1) is 0 Å². The number of hydrogen-bond donors (Lipinski definition) is 0. The molecule has 0 aliphatic carbocycles. The standard InChI is InChI=1S/C16H25N3O3/c1-10(2)15(20)19-8-6-12(7-9-19)14-17-13(11(3)22-14)16(21)18(4)5/h10,12H,6-9H2,1-5H3. The number of oxazole rings is 1. The number of rotatable bonds is 3. The van der Waals surface area contributed by atoms with Gasteiger partial charge in [0.25, 0.3) is 5.91 Å². The number of aromatic nitrogens is 1. The van der Waals surface area contributed by atoms with Gasteiger partial charge in [0.1, 0.15) is 5.76 Å². The van der Waals surface area contributed by atoms with Crippen molar-refractivity contribution in [2.24, 2.45) is 5.92 Å². The summed E-state index contributed by atoms with van der Waals surface area (Å²) >= 11 is 0. The van der Waals surface area contributed by atoms with E-state index in [9.17, 15) is 9.59 Å². The van der Waals surface area contributed by atoms with Gasteiger partial charge in [-0.1, -0.05) is 13.8 Å². The summed E-state index contributed by atoms with van der Waals surface area (Å²) in [6.45, 7) is 7.06. The monoisotopic (exact) mass is 307 g/mol. The van der Waals surface area contributed by atoms with Crippen LogP contribution in [-0.4, -0.2) is 53.8 Å². The molecule has 1 aliphatic heterocycles. The van der Waals surface area contributed by atoms with Gasteiger partial charge in [0.2, 0.25) is 5.91 Å². The average molecular weight is 307 g/mol. The quantitative estimate of drug-likeness (QED) is 0.857. The molecule has 0 bridgehead atoms. The highest BCUT2D eigenvalue weighted by molar-refractivity contribution is 5.92. The Morgan fingerprint density at radius 3 is 2.36 bits per heavy atom. The number of aryl methyl sites for hydroxylation is 1. The maximum absolute atomic E-state index is 12.0. The van der Waals surface area contributed by atoms with E-state index in [0.29, 0.717) is 17.3 Å². The smallest absolute Gasteiger partial charge is 0.275 e. The summed E-state index contributed by atoms with van der Waals surface area (Å²) in [4.78, 5) is 31.8. The summed E-state index contributed by atoms with van der Waals surface area (Å²) in [5.74, 6) is 1.46. The maximum Gasteiger partial charge on any atom is 0.275 e. The van der Waals surface area contributed by atoms with Gasteiger partial charge in [0, 0.05) is 39.0 Å². The van der Waals surface area contributed by atoms with Crippen molar-refractivity contribution in [3.63, 3.8) is 0 Å². The molecule has 0 radical (unpaired) electrons. The second-order valence-corrected chi connectivity index (χ2v) is 6.41. The summed E-state index contributed by atoms with van der Waals surface area (Å²) in [5.41, 5.74) is 0.390. The second kappa shape index (κ2) is 6.50. The number of hydrogen-bond acceptors (Lipinski definition) is 4. The van der Waals surface area contributed by atoms with Gasteiger partial charge in [-0.3, -0.25) is 9.59 Å². The molecule has 22 heavy (non-hydrogen) atoms. The zero-order chi connectivity index (χ0) is 16.4. The molecule has 6 heteroatoms. The fourth-order valence-corrected chi connectivity index (χ4v) is 2.71. The maximum atomic E-state index is 12.0. The lowest BCUT2D eigenvalue weighted by Gasteiger charge is -2.31. The van der Waals surface area contributed by atoms with Gasteiger partial charge in [-0.25, -0.2) is 4.98 Å². The molecule has 0 spiro atoms. The molecule has 1 aromatic heterocycles. The third-order valence-electron chi connectivity index (χ3n) is 4.07. The van der Waals surface area contributed by atoms with Gasteiger partial charge in [-0.2, -0.15) is 0 Å². The van der Waals surface area contributed by atoms with Crippen LogP contribution in [0.3, 0.4) is 0 Å². The molecule has 122 valence electrons. The first-order valence-corrected chi connectivity index (χ1v) is 7.79. The number of carbonyl (C=O) groups excluding carboxylic acids is 2. The first kappa shape index (κ1) is 16.5. The molecule has 0 saturated carbocycles. The third kappa shape index (κ3) is 3.31. The Kier molecular flexibility index (Phi) is 4.88. The van der Waals surface area contributed by atoms with Gasteiger partial charge in [0.15, 0.2) is 11.6 Å². The van der Waals surface area contributed by atoms with Crippen LogP contribution in [0.5, 0.6) is 0 Å². The highest BCUT2D eigenvalue weighted by atomic mass is 16.4. The molecule has 1 aromatic rings. The van der Waals surface area contributed by atoms with Crippen molar-refractivity contribution in [1.29, 1.82) is 0 Å². The Labute approximate surface area is 131 Å². The highest BCUT2D eigenvalue weighted by Gasteiger charge is 2.29. The molecule has 0 unspecified atom stereocenters. The molecule has 1 fully saturated rings. The lowest BCUT2D eigenvalue weighted by atomic mass is 9.96. The minimum Gasteiger partial charge on any atom is -0.445 e. The van der Waals surface area contributed by atoms with Crippen LogP contribution in [0.4, 0.5) is 0 Å². The fourth-order valence-electron chi connectivity index (χ4n) is 2.71. The Morgan fingerprint density at radius 2 is 1.86 bits per heavy atom. The predicted octanol–water partition coefficient (Wildman–Crippen LogP) is 2.05. The van der Waals surface area contributed by atoms with Crippen LogP contribution in [0.15, 0.2) is 4.42 Å². The Morgan fingerprint density at radius 1 is 1.27 bits per heavy atom. The van der Waals surface area contributed by atoms with E-state index >= 15 is 0 Å². The molecule has 0 aromatic carbocycles. The van der Waals surface area contributed by atoms with E-state index in [0.717, 1.165) is 25.9 Å². The van der Waals surface area contributed by atoms with E-state index in [1.165, 1.54) is 4.90 Å². The molecular formula is C16H25N3O3. The van der Waals surface area contributed by atoms with Gasteiger partial charge >= 0.3 is 0 Å². The number of carbonyl (C=O) groups is 2. The van der Waals surface area contributed by atoms with Crippen molar-refractivity contribution in [2.75, 3.05) is 27.2 Å². The lowest BCUT2D eigenvalue weighted by molar-refractivity contribution is -0.135. The highest BCUT2D eigenvalue weighted by Crippen LogP contribution is 2.29. The van der Waals surface area contributed by atoms with Crippen molar-refractivity contribution in [3.8, 4) is 0 Å².